The zero-order valence-electron chi connectivity index (χ0n) is 14.2. The number of aromatic nitrogens is 2. The minimum absolute atomic E-state index is 0.125. The first-order chi connectivity index (χ1) is 13.1. The van der Waals surface area contributed by atoms with Gasteiger partial charge in [-0.15, -0.1) is 0 Å². The van der Waals surface area contributed by atoms with Crippen molar-refractivity contribution in [2.45, 2.75) is 5.16 Å². The highest BCUT2D eigenvalue weighted by molar-refractivity contribution is 7.99. The molecule has 0 radical (unpaired) electrons. The molecule has 0 bridgehead atoms. The summed E-state index contributed by atoms with van der Waals surface area (Å²) in [7, 11) is 1.36. The monoisotopic (exact) mass is 385 g/mol. The van der Waals surface area contributed by atoms with E-state index in [0.29, 0.717) is 10.7 Å². The summed E-state index contributed by atoms with van der Waals surface area (Å²) >= 11 is 1.25. The van der Waals surface area contributed by atoms with Crippen LogP contribution in [0.2, 0.25) is 0 Å². The second kappa shape index (κ2) is 8.32. The maximum absolute atomic E-state index is 11.9. The van der Waals surface area contributed by atoms with E-state index in [0.717, 1.165) is 11.0 Å². The molecular formula is C17H15N5O4S. The van der Waals surface area contributed by atoms with Gasteiger partial charge in [0.05, 0.1) is 35.0 Å². The Morgan fingerprint density at radius 3 is 2.96 bits per heavy atom. The zero-order valence-corrected chi connectivity index (χ0v) is 15.0. The number of thioether (sulfide) groups is 1. The summed E-state index contributed by atoms with van der Waals surface area (Å²) in [6.45, 7) is 0. The van der Waals surface area contributed by atoms with Crippen LogP contribution in [0.1, 0.15) is 5.56 Å². The lowest BCUT2D eigenvalue weighted by atomic mass is 10.2. The molecule has 0 unspecified atom stereocenters. The third kappa shape index (κ3) is 4.61. The van der Waals surface area contributed by atoms with Crippen molar-refractivity contribution in [1.82, 2.24) is 15.4 Å². The molecule has 0 fully saturated rings. The molecule has 2 N–H and O–H groups in total. The predicted octanol–water partition coefficient (Wildman–Crippen LogP) is 2.72. The highest BCUT2D eigenvalue weighted by Gasteiger charge is 2.14. The van der Waals surface area contributed by atoms with Gasteiger partial charge >= 0.3 is 5.69 Å². The number of hydrazone groups is 1. The Morgan fingerprint density at radius 1 is 1.41 bits per heavy atom. The number of nitro benzene ring substituents is 1. The van der Waals surface area contributed by atoms with E-state index in [1.54, 1.807) is 6.07 Å². The molecule has 0 saturated heterocycles. The number of benzene rings is 2. The molecule has 9 nitrogen and oxygen atoms in total. The molecule has 2 aromatic carbocycles. The van der Waals surface area contributed by atoms with Crippen LogP contribution in [0.4, 0.5) is 5.69 Å². The number of ether oxygens (including phenoxy) is 1. The molecule has 138 valence electrons. The van der Waals surface area contributed by atoms with Gasteiger partial charge in [-0.1, -0.05) is 23.9 Å². The molecule has 0 atom stereocenters. The van der Waals surface area contributed by atoms with Crippen LogP contribution in [0.25, 0.3) is 11.0 Å². The number of amides is 1. The summed E-state index contributed by atoms with van der Waals surface area (Å²) in [6.07, 6.45) is 1.33. The van der Waals surface area contributed by atoms with Gasteiger partial charge in [-0.2, -0.15) is 5.10 Å². The van der Waals surface area contributed by atoms with Crippen LogP contribution >= 0.6 is 11.8 Å². The van der Waals surface area contributed by atoms with E-state index in [9.17, 15) is 14.9 Å². The molecule has 0 spiro atoms. The number of fused-ring (bicyclic) bond motifs is 1. The number of H-pyrrole nitrogens is 1. The first kappa shape index (κ1) is 18.4. The number of methoxy groups -OCH3 is 1. The lowest BCUT2D eigenvalue weighted by Gasteiger charge is -2.02. The van der Waals surface area contributed by atoms with Gasteiger partial charge < -0.3 is 9.72 Å². The van der Waals surface area contributed by atoms with Crippen molar-refractivity contribution in [2.24, 2.45) is 5.10 Å². The van der Waals surface area contributed by atoms with Crippen molar-refractivity contribution in [3.8, 4) is 5.75 Å². The standard InChI is InChI=1S/C17H15N5O4S/c1-26-15-7-6-11(8-14(15)22(24)25)9-18-21-16(23)10-27-17-19-12-4-2-3-5-13(12)20-17/h2-9H,10H2,1H3,(H,19,20)(H,21,23)/b18-9+. The summed E-state index contributed by atoms with van der Waals surface area (Å²) < 4.78 is 4.93. The van der Waals surface area contributed by atoms with Crippen LogP contribution in [0.3, 0.4) is 0 Å². The molecule has 0 aliphatic carbocycles. The Balaban J connectivity index is 1.55. The van der Waals surface area contributed by atoms with Crippen molar-refractivity contribution in [2.75, 3.05) is 12.9 Å². The van der Waals surface area contributed by atoms with Gasteiger partial charge in [-0.05, 0) is 24.3 Å². The van der Waals surface area contributed by atoms with Crippen LogP contribution in [0.5, 0.6) is 5.75 Å². The fourth-order valence-corrected chi connectivity index (χ4v) is 2.95. The van der Waals surface area contributed by atoms with Gasteiger partial charge in [0.25, 0.3) is 5.91 Å². The number of rotatable bonds is 7. The molecule has 0 aliphatic heterocycles. The van der Waals surface area contributed by atoms with Crippen LogP contribution in [0, 0.1) is 10.1 Å². The lowest BCUT2D eigenvalue weighted by Crippen LogP contribution is -2.19. The molecule has 27 heavy (non-hydrogen) atoms. The summed E-state index contributed by atoms with van der Waals surface area (Å²) in [5.74, 6) is -0.0388. The molecule has 0 saturated carbocycles. The second-order valence-corrected chi connectivity index (χ2v) is 6.29. The summed E-state index contributed by atoms with van der Waals surface area (Å²) in [4.78, 5) is 29.8. The second-order valence-electron chi connectivity index (χ2n) is 5.33. The van der Waals surface area contributed by atoms with Gasteiger partial charge in [0.2, 0.25) is 0 Å². The molecular weight excluding hydrogens is 370 g/mol. The number of hydrogen-bond acceptors (Lipinski definition) is 7. The molecule has 1 aromatic heterocycles. The topological polar surface area (TPSA) is 123 Å². The minimum Gasteiger partial charge on any atom is -0.490 e. The number of hydrogen-bond donors (Lipinski definition) is 2. The fourth-order valence-electron chi connectivity index (χ4n) is 2.27. The number of nitrogens with zero attached hydrogens (tertiary/aromatic N) is 3. The van der Waals surface area contributed by atoms with Gasteiger partial charge in [-0.25, -0.2) is 10.4 Å². The number of aromatic amines is 1. The van der Waals surface area contributed by atoms with Gasteiger partial charge in [0.15, 0.2) is 10.9 Å². The van der Waals surface area contributed by atoms with Crippen LogP contribution in [-0.2, 0) is 4.79 Å². The largest absolute Gasteiger partial charge is 0.490 e. The van der Waals surface area contributed by atoms with E-state index in [1.807, 2.05) is 24.3 Å². The van der Waals surface area contributed by atoms with Gasteiger partial charge in [-0.3, -0.25) is 14.9 Å². The number of nitrogens with one attached hydrogen (secondary N) is 2. The Morgan fingerprint density at radius 2 is 2.22 bits per heavy atom. The predicted molar refractivity (Wildman–Crippen MR) is 102 cm³/mol. The van der Waals surface area contributed by atoms with E-state index < -0.39 is 4.92 Å². The summed E-state index contributed by atoms with van der Waals surface area (Å²) in [6, 6.07) is 12.0. The molecule has 0 aliphatic rings. The number of imidazole rings is 1. The van der Waals surface area contributed by atoms with Crippen molar-refractivity contribution in [1.29, 1.82) is 0 Å². The molecule has 1 amide bonds. The molecule has 1 heterocycles. The molecule has 3 rings (SSSR count). The Hall–Kier alpha value is -3.40. The summed E-state index contributed by atoms with van der Waals surface area (Å²) in [5.41, 5.74) is 4.41. The van der Waals surface area contributed by atoms with E-state index in [2.05, 4.69) is 20.5 Å². The van der Waals surface area contributed by atoms with Crippen LogP contribution < -0.4 is 10.2 Å². The lowest BCUT2D eigenvalue weighted by molar-refractivity contribution is -0.385. The van der Waals surface area contributed by atoms with Crippen LogP contribution in [-0.4, -0.2) is 39.9 Å². The maximum Gasteiger partial charge on any atom is 0.311 e. The SMILES string of the molecule is COc1ccc(/C=N/NC(=O)CSc2nc3ccccc3[nH]2)cc1[N+](=O)[O-]. The molecule has 10 heteroatoms. The number of carbonyl (C=O) groups is 1. The van der Waals surface area contributed by atoms with E-state index >= 15 is 0 Å². The Bertz CT molecular complexity index is 984. The van der Waals surface area contributed by atoms with Crippen molar-refractivity contribution in [3.63, 3.8) is 0 Å². The van der Waals surface area contributed by atoms with Crippen molar-refractivity contribution in [3.05, 3.63) is 58.1 Å². The first-order valence-electron chi connectivity index (χ1n) is 7.78. The highest BCUT2D eigenvalue weighted by atomic mass is 32.2. The zero-order chi connectivity index (χ0) is 19.2. The maximum atomic E-state index is 11.9. The van der Waals surface area contributed by atoms with E-state index in [1.165, 1.54) is 37.2 Å². The minimum atomic E-state index is -0.543. The van der Waals surface area contributed by atoms with Gasteiger partial charge in [0.1, 0.15) is 0 Å². The van der Waals surface area contributed by atoms with Crippen molar-refractivity contribution < 1.29 is 14.5 Å². The fraction of sp³-hybridized carbons (Fsp3) is 0.118. The quantitative estimate of drug-likeness (QED) is 0.279. The third-order valence-corrected chi connectivity index (χ3v) is 4.38. The number of para-hydroxylation sites is 2. The smallest absolute Gasteiger partial charge is 0.311 e. The van der Waals surface area contributed by atoms with Gasteiger partial charge in [0, 0.05) is 11.6 Å². The number of nitro groups is 1. The Labute approximate surface area is 158 Å². The van der Waals surface area contributed by atoms with Crippen molar-refractivity contribution >= 4 is 40.6 Å². The Kier molecular flexibility index (Phi) is 5.67. The average molecular weight is 385 g/mol. The average Bonchev–Trinajstić information content (AvgIpc) is 3.09. The van der Waals surface area contributed by atoms with Crippen LogP contribution in [0.15, 0.2) is 52.7 Å². The molecule has 3 aromatic rings. The first-order valence-corrected chi connectivity index (χ1v) is 8.77. The highest BCUT2D eigenvalue weighted by Crippen LogP contribution is 2.26. The van der Waals surface area contributed by atoms with E-state index in [-0.39, 0.29) is 23.1 Å². The summed E-state index contributed by atoms with van der Waals surface area (Å²) in [5, 5.41) is 15.5. The third-order valence-electron chi connectivity index (χ3n) is 3.51. The normalized spacial score (nSPS) is 11.0. The van der Waals surface area contributed by atoms with E-state index in [4.69, 9.17) is 4.74 Å². The number of carbonyl (C=O) groups excluding carboxylic acids is 1.